The van der Waals surface area contributed by atoms with Gasteiger partial charge < -0.3 is 15.5 Å². The predicted octanol–water partition coefficient (Wildman–Crippen LogP) is 3.83. The molecule has 6 heteroatoms. The molecule has 0 aromatic carbocycles. The van der Waals surface area contributed by atoms with Gasteiger partial charge >= 0.3 is 0 Å². The first kappa shape index (κ1) is 22.6. The lowest BCUT2D eigenvalue weighted by molar-refractivity contribution is -0.210. The van der Waals surface area contributed by atoms with E-state index in [4.69, 9.17) is 0 Å². The first-order valence-electron chi connectivity index (χ1n) is 13.3. The largest absolute Gasteiger partial charge is 0.393 e. The fourth-order valence-electron chi connectivity index (χ4n) is 8.83. The van der Waals surface area contributed by atoms with Crippen LogP contribution in [-0.2, 0) is 0 Å². The van der Waals surface area contributed by atoms with Crippen molar-refractivity contribution in [2.75, 3.05) is 13.1 Å². The number of fused-ring (bicyclic) bond motifs is 5. The molecule has 0 saturated heterocycles. The van der Waals surface area contributed by atoms with Gasteiger partial charge in [0.1, 0.15) is 0 Å². The number of aliphatic hydroxyl groups is 2. The molecule has 0 radical (unpaired) electrons. The first-order valence-corrected chi connectivity index (χ1v) is 13.3. The van der Waals surface area contributed by atoms with Gasteiger partial charge in [-0.3, -0.25) is 4.99 Å². The molecule has 0 bridgehead atoms. The smallest absolute Gasteiger partial charge is 0.212 e. The minimum atomic E-state index is -0.513. The highest BCUT2D eigenvalue weighted by molar-refractivity contribution is 5.80. The molecule has 1 aliphatic heterocycles. The average Bonchev–Trinajstić information content (AvgIpc) is 3.06. The first-order chi connectivity index (χ1) is 15.4. The number of hydrazone groups is 1. The van der Waals surface area contributed by atoms with Gasteiger partial charge in [-0.1, -0.05) is 13.8 Å². The van der Waals surface area contributed by atoms with Crippen molar-refractivity contribution >= 4 is 12.2 Å². The molecule has 1 heterocycles. The molecule has 32 heavy (non-hydrogen) atoms. The molecule has 8 atom stereocenters. The van der Waals surface area contributed by atoms with Crippen LogP contribution in [0.1, 0.15) is 90.9 Å². The Kier molecular flexibility index (Phi) is 6.07. The zero-order chi connectivity index (χ0) is 22.4. The number of aliphatic imine (C=N–C) groups is 1. The maximum absolute atomic E-state index is 12.2. The van der Waals surface area contributed by atoms with E-state index >= 15 is 0 Å². The van der Waals surface area contributed by atoms with Gasteiger partial charge in [0.2, 0.25) is 5.96 Å². The average molecular weight is 445 g/mol. The molecule has 4 N–H and O–H groups in total. The number of hydrogen-bond acceptors (Lipinski definition) is 6. The summed E-state index contributed by atoms with van der Waals surface area (Å²) < 4.78 is 0. The lowest BCUT2D eigenvalue weighted by atomic mass is 9.43. The van der Waals surface area contributed by atoms with E-state index in [1.165, 1.54) is 12.8 Å². The SMILES string of the molecule is C[C@]12CC[C@H](O)C[C@H]1CC[C@@H]1[C@@H]2CC[C@]2(C)[C@@H](CC/C=N/NC3=NCCCN3)CC[C@]12O. The lowest BCUT2D eigenvalue weighted by Gasteiger charge is -2.63. The van der Waals surface area contributed by atoms with E-state index in [-0.39, 0.29) is 11.5 Å². The summed E-state index contributed by atoms with van der Waals surface area (Å²) in [5.41, 5.74) is 2.86. The number of hydrogen-bond donors (Lipinski definition) is 4. The van der Waals surface area contributed by atoms with E-state index in [0.29, 0.717) is 29.1 Å². The number of guanidine groups is 1. The monoisotopic (exact) mass is 444 g/mol. The minimum Gasteiger partial charge on any atom is -0.393 e. The van der Waals surface area contributed by atoms with E-state index < -0.39 is 5.60 Å². The molecule has 180 valence electrons. The number of aliphatic hydroxyl groups excluding tert-OH is 1. The molecule has 0 aromatic rings. The van der Waals surface area contributed by atoms with Crippen LogP contribution in [0.5, 0.6) is 0 Å². The van der Waals surface area contributed by atoms with Gasteiger partial charge in [-0.05, 0) is 112 Å². The zero-order valence-electron chi connectivity index (χ0n) is 20.2. The standard InChI is InChI=1S/C26H44N4O2/c1-24-11-9-20(31)17-19(24)6-7-22-21(24)10-12-25(2)18(8-13-26(22,25)32)5-3-16-29-30-23-27-14-4-15-28-23/h16,18-22,31-32H,3-15,17H2,1-2H3,(H2,27,28,30)/b29-16+/t18-,19+,20-,21-,22+,24-,25+,26-/m0/s1. The van der Waals surface area contributed by atoms with Crippen LogP contribution in [0, 0.1) is 34.5 Å². The van der Waals surface area contributed by atoms with Crippen LogP contribution in [0.3, 0.4) is 0 Å². The molecular weight excluding hydrogens is 400 g/mol. The van der Waals surface area contributed by atoms with Gasteiger partial charge in [-0.2, -0.15) is 5.10 Å². The summed E-state index contributed by atoms with van der Waals surface area (Å²) in [5, 5.41) is 30.1. The Morgan fingerprint density at radius 1 is 1.12 bits per heavy atom. The highest BCUT2D eigenvalue weighted by Gasteiger charge is 2.66. The van der Waals surface area contributed by atoms with Crippen molar-refractivity contribution in [2.45, 2.75) is 103 Å². The number of nitrogens with one attached hydrogen (secondary N) is 2. The fourth-order valence-corrected chi connectivity index (χ4v) is 8.83. The quantitative estimate of drug-likeness (QED) is 0.392. The Bertz CT molecular complexity index is 756. The van der Waals surface area contributed by atoms with Crippen LogP contribution in [0.15, 0.2) is 10.1 Å². The molecule has 4 aliphatic carbocycles. The number of rotatable bonds is 4. The second kappa shape index (κ2) is 8.57. The third-order valence-electron chi connectivity index (χ3n) is 10.8. The molecule has 0 unspecified atom stereocenters. The van der Waals surface area contributed by atoms with Gasteiger partial charge in [0, 0.05) is 19.3 Å². The fraction of sp³-hybridized carbons (Fsp3) is 0.923. The van der Waals surface area contributed by atoms with Crippen LogP contribution in [-0.4, -0.2) is 47.2 Å². The summed E-state index contributed by atoms with van der Waals surface area (Å²) in [7, 11) is 0. The Labute approximate surface area is 193 Å². The molecule has 0 spiro atoms. The topological polar surface area (TPSA) is 89.2 Å². The van der Waals surface area contributed by atoms with E-state index in [2.05, 4.69) is 34.7 Å². The molecule has 4 fully saturated rings. The molecule has 5 rings (SSSR count). The zero-order valence-corrected chi connectivity index (χ0v) is 20.2. The molecular formula is C26H44N4O2. The summed E-state index contributed by atoms with van der Waals surface area (Å²) >= 11 is 0. The van der Waals surface area contributed by atoms with Crippen molar-refractivity contribution in [2.24, 2.45) is 44.6 Å². The van der Waals surface area contributed by atoms with Gasteiger partial charge in [0.15, 0.2) is 0 Å². The second-order valence-electron chi connectivity index (χ2n) is 12.0. The van der Waals surface area contributed by atoms with Crippen molar-refractivity contribution in [3.8, 4) is 0 Å². The van der Waals surface area contributed by atoms with E-state index in [0.717, 1.165) is 83.3 Å². The van der Waals surface area contributed by atoms with E-state index in [1.54, 1.807) is 0 Å². The molecule has 0 aromatic heterocycles. The van der Waals surface area contributed by atoms with Crippen LogP contribution in [0.2, 0.25) is 0 Å². The molecule has 0 amide bonds. The van der Waals surface area contributed by atoms with Gasteiger partial charge in [0.25, 0.3) is 0 Å². The summed E-state index contributed by atoms with van der Waals surface area (Å²) in [6.45, 7) is 6.72. The molecule has 5 aliphatic rings. The third kappa shape index (κ3) is 3.60. The summed E-state index contributed by atoms with van der Waals surface area (Å²) in [6, 6.07) is 0. The van der Waals surface area contributed by atoms with Crippen LogP contribution < -0.4 is 10.7 Å². The second-order valence-corrected chi connectivity index (χ2v) is 12.0. The van der Waals surface area contributed by atoms with Gasteiger partial charge in [-0.15, -0.1) is 0 Å². The van der Waals surface area contributed by atoms with Crippen molar-refractivity contribution < 1.29 is 10.2 Å². The van der Waals surface area contributed by atoms with Crippen molar-refractivity contribution in [1.29, 1.82) is 0 Å². The Hall–Kier alpha value is -1.14. The van der Waals surface area contributed by atoms with Crippen molar-refractivity contribution in [3.05, 3.63) is 0 Å². The maximum Gasteiger partial charge on any atom is 0.212 e. The van der Waals surface area contributed by atoms with Crippen LogP contribution >= 0.6 is 0 Å². The van der Waals surface area contributed by atoms with Gasteiger partial charge in [0.05, 0.1) is 11.7 Å². The number of nitrogens with zero attached hydrogens (tertiary/aromatic N) is 2. The lowest BCUT2D eigenvalue weighted by Crippen LogP contribution is -2.62. The highest BCUT2D eigenvalue weighted by atomic mass is 16.3. The normalized spacial score (nSPS) is 48.4. The van der Waals surface area contributed by atoms with Crippen molar-refractivity contribution in [1.82, 2.24) is 10.7 Å². The summed E-state index contributed by atoms with van der Waals surface area (Å²) in [6.07, 6.45) is 14.9. The third-order valence-corrected chi connectivity index (χ3v) is 10.8. The highest BCUT2D eigenvalue weighted by Crippen LogP contribution is 2.69. The minimum absolute atomic E-state index is 0.0296. The van der Waals surface area contributed by atoms with Crippen LogP contribution in [0.25, 0.3) is 0 Å². The Balaban J connectivity index is 1.23. The maximum atomic E-state index is 12.2. The van der Waals surface area contributed by atoms with E-state index in [1.807, 2.05) is 6.21 Å². The van der Waals surface area contributed by atoms with Crippen LogP contribution in [0.4, 0.5) is 0 Å². The summed E-state index contributed by atoms with van der Waals surface area (Å²) in [4.78, 5) is 4.39. The molecule has 6 nitrogen and oxygen atoms in total. The Morgan fingerprint density at radius 3 is 2.81 bits per heavy atom. The summed E-state index contributed by atoms with van der Waals surface area (Å²) in [5.74, 6) is 3.06. The predicted molar refractivity (Wildman–Crippen MR) is 128 cm³/mol. The van der Waals surface area contributed by atoms with E-state index in [9.17, 15) is 10.2 Å². The van der Waals surface area contributed by atoms with Gasteiger partial charge in [-0.25, -0.2) is 5.43 Å². The Morgan fingerprint density at radius 2 is 2.00 bits per heavy atom. The molecule has 4 saturated carbocycles. The van der Waals surface area contributed by atoms with Crippen molar-refractivity contribution in [3.63, 3.8) is 0 Å².